The molecule has 2 aromatic carbocycles. The van der Waals surface area contributed by atoms with Crippen LogP contribution in [0.1, 0.15) is 43.2 Å². The lowest BCUT2D eigenvalue weighted by Gasteiger charge is -2.45. The van der Waals surface area contributed by atoms with Gasteiger partial charge in [-0.2, -0.15) is 0 Å². The molecule has 2 unspecified atom stereocenters. The Morgan fingerprint density at radius 1 is 1.03 bits per heavy atom. The van der Waals surface area contributed by atoms with Gasteiger partial charge in [-0.25, -0.2) is 13.2 Å². The van der Waals surface area contributed by atoms with Crippen molar-refractivity contribution < 1.29 is 22.8 Å². The fourth-order valence-electron chi connectivity index (χ4n) is 5.75. The zero-order valence-corrected chi connectivity index (χ0v) is 20.9. The third-order valence-corrected chi connectivity index (χ3v) is 8.54. The van der Waals surface area contributed by atoms with Crippen LogP contribution in [0.25, 0.3) is 0 Å². The zero-order chi connectivity index (χ0) is 24.7. The van der Waals surface area contributed by atoms with E-state index >= 15 is 0 Å². The van der Waals surface area contributed by atoms with Crippen LogP contribution in [0.15, 0.2) is 40.9 Å². The van der Waals surface area contributed by atoms with Crippen LogP contribution in [0.3, 0.4) is 0 Å². The molecule has 2 aromatic rings. The highest BCUT2D eigenvalue weighted by molar-refractivity contribution is 9.10. The lowest BCUT2D eigenvalue weighted by Crippen LogP contribution is -2.51. The summed E-state index contributed by atoms with van der Waals surface area (Å²) in [6.07, 6.45) is 3.53. The predicted octanol–water partition coefficient (Wildman–Crippen LogP) is 4.93. The van der Waals surface area contributed by atoms with Gasteiger partial charge in [0.15, 0.2) is 17.4 Å². The highest BCUT2D eigenvalue weighted by Gasteiger charge is 2.54. The minimum Gasteiger partial charge on any atom is -0.345 e. The number of nitrogens with one attached hydrogen (secondary N) is 1. The molecule has 4 aliphatic rings. The molecule has 35 heavy (non-hydrogen) atoms. The van der Waals surface area contributed by atoms with E-state index in [2.05, 4.69) is 26.1 Å². The van der Waals surface area contributed by atoms with E-state index in [4.69, 9.17) is 0 Å². The van der Waals surface area contributed by atoms with Gasteiger partial charge in [0, 0.05) is 29.1 Å². The van der Waals surface area contributed by atoms with Crippen LogP contribution >= 0.6 is 15.9 Å². The summed E-state index contributed by atoms with van der Waals surface area (Å²) in [4.78, 5) is 29.3. The fraction of sp³-hybridized carbons (Fsp3) is 0.481. The molecule has 186 valence electrons. The Hall–Kier alpha value is -2.19. The van der Waals surface area contributed by atoms with Gasteiger partial charge in [0.05, 0.1) is 11.5 Å². The smallest absolute Gasteiger partial charge is 0.231 e. The van der Waals surface area contributed by atoms with Gasteiger partial charge in [-0.15, -0.1) is 0 Å². The quantitative estimate of drug-likeness (QED) is 0.476. The Bertz CT molecular complexity index is 1130. The van der Waals surface area contributed by atoms with Crippen molar-refractivity contribution >= 4 is 27.6 Å². The van der Waals surface area contributed by atoms with E-state index in [-0.39, 0.29) is 17.3 Å². The highest BCUT2D eigenvalue weighted by Crippen LogP contribution is 2.49. The molecule has 6 rings (SSSR count). The third-order valence-electron chi connectivity index (χ3n) is 8.01. The molecule has 4 nitrogen and oxygen atoms in total. The second kappa shape index (κ2) is 9.69. The number of halogens is 4. The van der Waals surface area contributed by atoms with Crippen molar-refractivity contribution in [2.75, 3.05) is 19.6 Å². The van der Waals surface area contributed by atoms with Crippen LogP contribution in [0.5, 0.6) is 0 Å². The van der Waals surface area contributed by atoms with Crippen LogP contribution in [0.4, 0.5) is 13.2 Å². The summed E-state index contributed by atoms with van der Waals surface area (Å²) in [5, 5.41) is 2.88. The third kappa shape index (κ3) is 5.05. The number of amides is 1. The van der Waals surface area contributed by atoms with Crippen molar-refractivity contribution in [3.8, 4) is 0 Å². The first-order chi connectivity index (χ1) is 16.7. The Balaban J connectivity index is 1.36. The summed E-state index contributed by atoms with van der Waals surface area (Å²) in [5.74, 6) is -3.17. The number of piperidine rings is 3. The lowest BCUT2D eigenvalue weighted by molar-refractivity contribution is -0.130. The Morgan fingerprint density at radius 3 is 2.29 bits per heavy atom. The van der Waals surface area contributed by atoms with E-state index in [1.54, 1.807) is 0 Å². The van der Waals surface area contributed by atoms with Crippen LogP contribution in [-0.2, 0) is 21.4 Å². The standard InChI is InChI=1S/C27H28BrF3N2O2/c28-19-3-1-16(2-4-19)11-24(25(34)12-18-15-33-9-5-17(18)6-10-33)32-26(35)27(7-8-27)20-13-22(30)23(31)14-21(20)29/h1-4,13-14,17-18,24H,5-12,15H2,(H,32,35). The summed E-state index contributed by atoms with van der Waals surface area (Å²) in [7, 11) is 0. The number of hydrogen-bond acceptors (Lipinski definition) is 3. The topological polar surface area (TPSA) is 49.4 Å². The minimum absolute atomic E-state index is 0.0402. The maximum atomic E-state index is 14.5. The monoisotopic (exact) mass is 548 g/mol. The summed E-state index contributed by atoms with van der Waals surface area (Å²) >= 11 is 3.41. The number of ketones is 1. The maximum Gasteiger partial charge on any atom is 0.231 e. The van der Waals surface area contributed by atoms with Crippen molar-refractivity contribution in [3.05, 3.63) is 69.4 Å². The molecule has 3 heterocycles. The molecular formula is C27H28BrF3N2O2. The molecule has 3 saturated heterocycles. The van der Waals surface area contributed by atoms with E-state index in [9.17, 15) is 22.8 Å². The van der Waals surface area contributed by atoms with Gasteiger partial charge in [-0.3, -0.25) is 9.59 Å². The van der Waals surface area contributed by atoms with Crippen LogP contribution in [0, 0.1) is 29.3 Å². The molecule has 1 amide bonds. The molecule has 1 aliphatic carbocycles. The molecule has 8 heteroatoms. The largest absolute Gasteiger partial charge is 0.345 e. The van der Waals surface area contributed by atoms with Gasteiger partial charge < -0.3 is 10.2 Å². The second-order valence-corrected chi connectivity index (χ2v) is 11.2. The predicted molar refractivity (Wildman–Crippen MR) is 129 cm³/mol. The molecule has 0 radical (unpaired) electrons. The van der Waals surface area contributed by atoms with Crippen molar-refractivity contribution in [1.82, 2.24) is 10.2 Å². The molecule has 1 saturated carbocycles. The Morgan fingerprint density at radius 2 is 1.69 bits per heavy atom. The number of rotatable bonds is 8. The molecule has 0 aromatic heterocycles. The molecule has 2 bridgehead atoms. The van der Waals surface area contributed by atoms with E-state index < -0.39 is 34.8 Å². The van der Waals surface area contributed by atoms with Crippen molar-refractivity contribution in [3.63, 3.8) is 0 Å². The Kier molecular flexibility index (Phi) is 6.79. The molecule has 4 fully saturated rings. The molecule has 0 spiro atoms. The van der Waals surface area contributed by atoms with E-state index in [1.807, 2.05) is 24.3 Å². The van der Waals surface area contributed by atoms with Gasteiger partial charge in [0.1, 0.15) is 5.82 Å². The highest BCUT2D eigenvalue weighted by atomic mass is 79.9. The first kappa shape index (κ1) is 24.5. The van der Waals surface area contributed by atoms with Gasteiger partial charge in [-0.05, 0) is 80.8 Å². The summed E-state index contributed by atoms with van der Waals surface area (Å²) < 4.78 is 42.8. The van der Waals surface area contributed by atoms with Gasteiger partial charge in [-0.1, -0.05) is 28.1 Å². The molecule has 3 aliphatic heterocycles. The molecule has 1 N–H and O–H groups in total. The van der Waals surface area contributed by atoms with Crippen LogP contribution in [-0.4, -0.2) is 42.3 Å². The number of carbonyl (C=O) groups excluding carboxylic acids is 2. The SMILES string of the molecule is O=C(CC1CN2CCC1CC2)C(Cc1ccc(Br)cc1)NC(=O)C1(c2cc(F)c(F)cc2F)CC1. The number of hydrogen-bond donors (Lipinski definition) is 1. The van der Waals surface area contributed by atoms with Crippen molar-refractivity contribution in [2.24, 2.45) is 11.8 Å². The van der Waals surface area contributed by atoms with Gasteiger partial charge in [0.2, 0.25) is 5.91 Å². The summed E-state index contributed by atoms with van der Waals surface area (Å²) in [6, 6.07) is 8.03. The Labute approximate surface area is 211 Å². The second-order valence-electron chi connectivity index (χ2n) is 10.3. The number of benzene rings is 2. The number of nitrogens with zero attached hydrogens (tertiary/aromatic N) is 1. The van der Waals surface area contributed by atoms with Crippen LogP contribution in [0.2, 0.25) is 0 Å². The van der Waals surface area contributed by atoms with Gasteiger partial charge >= 0.3 is 0 Å². The van der Waals surface area contributed by atoms with E-state index in [0.29, 0.717) is 37.7 Å². The van der Waals surface area contributed by atoms with E-state index in [0.717, 1.165) is 48.6 Å². The maximum absolute atomic E-state index is 14.5. The average molecular weight is 549 g/mol. The first-order valence-corrected chi connectivity index (χ1v) is 13.0. The number of Topliss-reactive ketones (excluding diaryl/α,β-unsaturated/α-hetero) is 1. The fourth-order valence-corrected chi connectivity index (χ4v) is 6.01. The average Bonchev–Trinajstić information content (AvgIpc) is 3.65. The number of fused-ring (bicyclic) bond motifs is 3. The normalized spacial score (nSPS) is 25.2. The van der Waals surface area contributed by atoms with E-state index in [1.165, 1.54) is 0 Å². The zero-order valence-electron chi connectivity index (χ0n) is 19.3. The van der Waals surface area contributed by atoms with Crippen LogP contribution < -0.4 is 5.32 Å². The van der Waals surface area contributed by atoms with Crippen molar-refractivity contribution in [1.29, 1.82) is 0 Å². The number of carbonyl (C=O) groups is 2. The minimum atomic E-state index is -1.29. The van der Waals surface area contributed by atoms with Gasteiger partial charge in [0.25, 0.3) is 0 Å². The first-order valence-electron chi connectivity index (χ1n) is 12.2. The van der Waals surface area contributed by atoms with Crippen molar-refractivity contribution in [2.45, 2.75) is 50.0 Å². The summed E-state index contributed by atoms with van der Waals surface area (Å²) in [6.45, 7) is 3.06. The summed E-state index contributed by atoms with van der Waals surface area (Å²) in [5.41, 5.74) is -0.530. The molecule has 2 atom stereocenters. The lowest BCUT2D eigenvalue weighted by atomic mass is 9.76. The molecular weight excluding hydrogens is 521 g/mol.